The van der Waals surface area contributed by atoms with Crippen LogP contribution in [0.2, 0.25) is 0 Å². The Balaban J connectivity index is 2.14. The van der Waals surface area contributed by atoms with E-state index in [1.807, 2.05) is 11.3 Å². The highest BCUT2D eigenvalue weighted by molar-refractivity contribution is 7.09. The predicted octanol–water partition coefficient (Wildman–Crippen LogP) is 3.75. The molecule has 3 heteroatoms. The molecule has 0 amide bonds. The molecule has 0 bridgehead atoms. The summed E-state index contributed by atoms with van der Waals surface area (Å²) in [4.78, 5) is 4.82. The lowest BCUT2D eigenvalue weighted by Gasteiger charge is -2.48. The van der Waals surface area contributed by atoms with E-state index in [1.165, 1.54) is 23.5 Å². The second-order valence-corrected chi connectivity index (χ2v) is 6.83. The highest BCUT2D eigenvalue weighted by Gasteiger charge is 2.47. The molecule has 2 rings (SSSR count). The van der Waals surface area contributed by atoms with Crippen molar-refractivity contribution in [1.82, 2.24) is 10.3 Å². The molecular formula is C14H24N2S. The van der Waals surface area contributed by atoms with Crippen molar-refractivity contribution < 1.29 is 0 Å². The van der Waals surface area contributed by atoms with Crippen LogP contribution in [0, 0.1) is 11.8 Å². The van der Waals surface area contributed by atoms with E-state index in [1.54, 1.807) is 0 Å². The van der Waals surface area contributed by atoms with Gasteiger partial charge in [0.25, 0.3) is 0 Å². The van der Waals surface area contributed by atoms with Crippen molar-refractivity contribution in [2.24, 2.45) is 11.8 Å². The van der Waals surface area contributed by atoms with Gasteiger partial charge in [0, 0.05) is 5.38 Å². The Kier molecular flexibility index (Phi) is 3.60. The van der Waals surface area contributed by atoms with Crippen LogP contribution in [0.15, 0.2) is 5.38 Å². The van der Waals surface area contributed by atoms with Crippen molar-refractivity contribution >= 4 is 11.3 Å². The van der Waals surface area contributed by atoms with Crippen LogP contribution < -0.4 is 5.32 Å². The van der Waals surface area contributed by atoms with Crippen molar-refractivity contribution in [2.45, 2.75) is 52.0 Å². The van der Waals surface area contributed by atoms with Crippen LogP contribution in [-0.4, -0.2) is 12.0 Å². The number of thiazole rings is 1. The van der Waals surface area contributed by atoms with Crippen molar-refractivity contribution in [3.05, 3.63) is 16.1 Å². The maximum Gasteiger partial charge on any atom is 0.113 e. The topological polar surface area (TPSA) is 24.9 Å². The van der Waals surface area contributed by atoms with Gasteiger partial charge in [0.1, 0.15) is 5.01 Å². The fraction of sp³-hybridized carbons (Fsp3) is 0.786. The van der Waals surface area contributed by atoms with Crippen molar-refractivity contribution in [3.63, 3.8) is 0 Å². The summed E-state index contributed by atoms with van der Waals surface area (Å²) in [6.45, 7) is 9.07. The first kappa shape index (κ1) is 13.0. The molecule has 1 N–H and O–H groups in total. The van der Waals surface area contributed by atoms with Gasteiger partial charge in [-0.1, -0.05) is 27.7 Å². The highest BCUT2D eigenvalue weighted by atomic mass is 32.1. The van der Waals surface area contributed by atoms with Crippen molar-refractivity contribution in [2.75, 3.05) is 7.05 Å². The van der Waals surface area contributed by atoms with Crippen LogP contribution in [0.1, 0.15) is 57.2 Å². The van der Waals surface area contributed by atoms with Crippen LogP contribution in [0.25, 0.3) is 0 Å². The summed E-state index contributed by atoms with van der Waals surface area (Å²) in [6.07, 6.45) is 2.48. The molecule has 96 valence electrons. The molecule has 0 aliphatic heterocycles. The van der Waals surface area contributed by atoms with E-state index in [4.69, 9.17) is 4.98 Å². The lowest BCUT2D eigenvalue weighted by atomic mass is 9.64. The van der Waals surface area contributed by atoms with Crippen LogP contribution in [0.4, 0.5) is 0 Å². The van der Waals surface area contributed by atoms with Gasteiger partial charge in [-0.3, -0.25) is 0 Å². The van der Waals surface area contributed by atoms with E-state index < -0.39 is 0 Å². The summed E-state index contributed by atoms with van der Waals surface area (Å²) in [6, 6.07) is 0. The second-order valence-electron chi connectivity index (χ2n) is 5.98. The van der Waals surface area contributed by atoms with Gasteiger partial charge in [-0.15, -0.1) is 11.3 Å². The molecule has 0 radical (unpaired) electrons. The monoisotopic (exact) mass is 252 g/mol. The van der Waals surface area contributed by atoms with E-state index >= 15 is 0 Å². The largest absolute Gasteiger partial charge is 0.308 e. The highest BCUT2D eigenvalue weighted by Crippen LogP contribution is 2.49. The summed E-state index contributed by atoms with van der Waals surface area (Å²) in [5, 5.41) is 7.03. The number of rotatable bonds is 4. The molecule has 0 atom stereocenters. The summed E-state index contributed by atoms with van der Waals surface area (Å²) in [5.74, 6) is 2.18. The zero-order chi connectivity index (χ0) is 12.6. The summed E-state index contributed by atoms with van der Waals surface area (Å²) in [7, 11) is 2.08. The van der Waals surface area contributed by atoms with E-state index in [0.717, 1.165) is 11.8 Å². The Hall–Kier alpha value is -0.410. The zero-order valence-electron chi connectivity index (χ0n) is 11.6. The van der Waals surface area contributed by atoms with E-state index in [9.17, 15) is 0 Å². The van der Waals surface area contributed by atoms with Gasteiger partial charge in [-0.05, 0) is 37.6 Å². The average Bonchev–Trinajstić information content (AvgIpc) is 2.66. The van der Waals surface area contributed by atoms with E-state index in [-0.39, 0.29) is 5.54 Å². The maximum absolute atomic E-state index is 4.82. The first-order valence-corrected chi connectivity index (χ1v) is 7.51. The normalized spacial score (nSPS) is 28.8. The van der Waals surface area contributed by atoms with Gasteiger partial charge in [-0.2, -0.15) is 0 Å². The molecule has 0 unspecified atom stereocenters. The van der Waals surface area contributed by atoms with Crippen molar-refractivity contribution in [3.8, 4) is 0 Å². The van der Waals surface area contributed by atoms with Gasteiger partial charge in [0.05, 0.1) is 11.2 Å². The smallest absolute Gasteiger partial charge is 0.113 e. The zero-order valence-corrected chi connectivity index (χ0v) is 12.4. The minimum Gasteiger partial charge on any atom is -0.308 e. The van der Waals surface area contributed by atoms with Crippen molar-refractivity contribution in [1.29, 1.82) is 0 Å². The van der Waals surface area contributed by atoms with Crippen LogP contribution in [0.5, 0.6) is 0 Å². The Labute approximate surface area is 109 Å². The molecule has 1 heterocycles. The lowest BCUT2D eigenvalue weighted by molar-refractivity contribution is 0.0748. The quantitative estimate of drug-likeness (QED) is 0.883. The van der Waals surface area contributed by atoms with E-state index in [2.05, 4.69) is 45.4 Å². The van der Waals surface area contributed by atoms with Crippen LogP contribution in [-0.2, 0) is 5.54 Å². The molecule has 1 aromatic rings. The van der Waals surface area contributed by atoms with Crippen LogP contribution >= 0.6 is 11.3 Å². The molecule has 2 nitrogen and oxygen atoms in total. The molecule has 1 aliphatic rings. The van der Waals surface area contributed by atoms with Gasteiger partial charge in [0.2, 0.25) is 0 Å². The third kappa shape index (κ3) is 2.27. The fourth-order valence-electron chi connectivity index (χ4n) is 2.56. The molecule has 0 aromatic carbocycles. The van der Waals surface area contributed by atoms with Gasteiger partial charge < -0.3 is 5.32 Å². The Bertz CT molecular complexity index is 375. The average molecular weight is 252 g/mol. The maximum atomic E-state index is 4.82. The summed E-state index contributed by atoms with van der Waals surface area (Å²) < 4.78 is 0. The number of nitrogens with one attached hydrogen (secondary N) is 1. The minimum atomic E-state index is 0.173. The fourth-order valence-corrected chi connectivity index (χ4v) is 3.77. The SMILES string of the molecule is CNC1(c2nc(C(C)C)cs2)CC(C(C)C)C1. The number of nitrogens with zero attached hydrogens (tertiary/aromatic N) is 1. The molecular weight excluding hydrogens is 228 g/mol. The molecule has 1 fully saturated rings. The predicted molar refractivity (Wildman–Crippen MR) is 74.5 cm³/mol. The third-order valence-electron chi connectivity index (χ3n) is 4.17. The molecule has 17 heavy (non-hydrogen) atoms. The standard InChI is InChI=1S/C14H24N2S/c1-9(2)11-6-14(7-11,15-5)13-16-12(8-17-13)10(3)4/h8-11,15H,6-7H2,1-5H3. The van der Waals surface area contributed by atoms with Gasteiger partial charge >= 0.3 is 0 Å². The molecule has 0 saturated heterocycles. The number of hydrogen-bond acceptors (Lipinski definition) is 3. The number of hydrogen-bond donors (Lipinski definition) is 1. The Morgan fingerprint density at radius 1 is 1.35 bits per heavy atom. The minimum absolute atomic E-state index is 0.173. The van der Waals surface area contributed by atoms with Crippen LogP contribution in [0.3, 0.4) is 0 Å². The van der Waals surface area contributed by atoms with Gasteiger partial charge in [-0.25, -0.2) is 4.98 Å². The molecule has 1 saturated carbocycles. The summed E-state index contributed by atoms with van der Waals surface area (Å²) in [5.41, 5.74) is 1.42. The lowest BCUT2D eigenvalue weighted by Crippen LogP contribution is -2.52. The van der Waals surface area contributed by atoms with E-state index in [0.29, 0.717) is 5.92 Å². The molecule has 0 spiro atoms. The Morgan fingerprint density at radius 2 is 2.00 bits per heavy atom. The third-order valence-corrected chi connectivity index (χ3v) is 5.23. The number of aromatic nitrogens is 1. The first-order valence-electron chi connectivity index (χ1n) is 6.63. The second kappa shape index (κ2) is 4.69. The molecule has 1 aliphatic carbocycles. The van der Waals surface area contributed by atoms with Gasteiger partial charge in [0.15, 0.2) is 0 Å². The molecule has 1 aromatic heterocycles. The first-order chi connectivity index (χ1) is 7.98. The Morgan fingerprint density at radius 3 is 2.41 bits per heavy atom. The summed E-state index contributed by atoms with van der Waals surface area (Å²) >= 11 is 1.83.